The molecule has 0 atom stereocenters. The van der Waals surface area contributed by atoms with Gasteiger partial charge in [0, 0.05) is 22.1 Å². The average Bonchev–Trinajstić information content (AvgIpc) is 2.73. The van der Waals surface area contributed by atoms with Gasteiger partial charge in [-0.25, -0.2) is 4.98 Å². The number of fused-ring (bicyclic) bond motifs is 1. The van der Waals surface area contributed by atoms with E-state index >= 15 is 0 Å². The molecule has 4 aromatic rings. The van der Waals surface area contributed by atoms with E-state index in [2.05, 4.69) is 16.8 Å². The van der Waals surface area contributed by atoms with Crippen molar-refractivity contribution in [1.82, 2.24) is 4.98 Å². The van der Waals surface area contributed by atoms with E-state index in [1.165, 1.54) is 6.07 Å². The molecule has 0 bridgehead atoms. The second kappa shape index (κ2) is 8.02. The van der Waals surface area contributed by atoms with Crippen LogP contribution in [0.25, 0.3) is 22.2 Å². The Kier molecular flexibility index (Phi) is 5.42. The van der Waals surface area contributed by atoms with Crippen molar-refractivity contribution in [2.45, 2.75) is 6.18 Å². The molecule has 1 heterocycles. The maximum Gasteiger partial charge on any atom is 0.418 e. The Labute approximate surface area is 181 Å². The number of halogens is 5. The molecule has 0 unspecified atom stereocenters. The van der Waals surface area contributed by atoms with E-state index in [0.717, 1.165) is 6.07 Å². The van der Waals surface area contributed by atoms with Gasteiger partial charge in [0.05, 0.1) is 26.8 Å². The lowest BCUT2D eigenvalue weighted by Crippen LogP contribution is -2.06. The number of rotatable bonds is 1. The van der Waals surface area contributed by atoms with Gasteiger partial charge in [-0.3, -0.25) is 0 Å². The number of benzene rings is 3. The summed E-state index contributed by atoms with van der Waals surface area (Å²) in [5.41, 5.74) is 1.69. The Hall–Kier alpha value is -3.00. The maximum atomic E-state index is 13.4. The van der Waals surface area contributed by atoms with Crippen LogP contribution in [0.3, 0.4) is 0 Å². The zero-order valence-electron chi connectivity index (χ0n) is 15.3. The zero-order chi connectivity index (χ0) is 21.3. The van der Waals surface area contributed by atoms with Crippen LogP contribution in [0.5, 0.6) is 0 Å². The largest absolute Gasteiger partial charge is 0.418 e. The minimum atomic E-state index is -4.47. The van der Waals surface area contributed by atoms with Crippen molar-refractivity contribution in [3.8, 4) is 23.1 Å². The van der Waals surface area contributed by atoms with Gasteiger partial charge in [0.15, 0.2) is 0 Å². The predicted molar refractivity (Wildman–Crippen MR) is 115 cm³/mol. The molecule has 0 fully saturated rings. The van der Waals surface area contributed by atoms with Crippen LogP contribution in [0, 0.1) is 11.8 Å². The lowest BCUT2D eigenvalue weighted by atomic mass is 10.0. The topological polar surface area (TPSA) is 12.9 Å². The third-order valence-electron chi connectivity index (χ3n) is 4.45. The van der Waals surface area contributed by atoms with Crippen LogP contribution < -0.4 is 0 Å². The molecular formula is C24H12Cl2F3N. The van der Waals surface area contributed by atoms with Gasteiger partial charge < -0.3 is 0 Å². The van der Waals surface area contributed by atoms with Gasteiger partial charge in [0.25, 0.3) is 0 Å². The van der Waals surface area contributed by atoms with Gasteiger partial charge in [-0.1, -0.05) is 65.4 Å². The Morgan fingerprint density at radius 2 is 1.47 bits per heavy atom. The molecule has 4 rings (SSSR count). The maximum absolute atomic E-state index is 13.4. The van der Waals surface area contributed by atoms with Crippen LogP contribution in [0.15, 0.2) is 72.8 Å². The molecule has 0 aliphatic carbocycles. The van der Waals surface area contributed by atoms with Crippen LogP contribution in [-0.4, -0.2) is 4.98 Å². The summed E-state index contributed by atoms with van der Waals surface area (Å²) in [7, 11) is 0. The lowest BCUT2D eigenvalue weighted by Gasteiger charge is -2.11. The normalized spacial score (nSPS) is 11.2. The second-order valence-electron chi connectivity index (χ2n) is 6.53. The molecule has 148 valence electrons. The monoisotopic (exact) mass is 441 g/mol. The molecule has 0 spiro atoms. The lowest BCUT2D eigenvalue weighted by molar-refractivity contribution is -0.136. The minimum Gasteiger partial charge on any atom is -0.247 e. The molecule has 1 aromatic heterocycles. The summed E-state index contributed by atoms with van der Waals surface area (Å²) in [5.74, 6) is 6.04. The molecule has 30 heavy (non-hydrogen) atoms. The highest BCUT2D eigenvalue weighted by atomic mass is 35.5. The molecule has 0 saturated carbocycles. The molecule has 3 aromatic carbocycles. The summed E-state index contributed by atoms with van der Waals surface area (Å²) in [4.78, 5) is 4.29. The smallest absolute Gasteiger partial charge is 0.247 e. The van der Waals surface area contributed by atoms with Crippen LogP contribution in [0.1, 0.15) is 16.7 Å². The number of hydrogen-bond acceptors (Lipinski definition) is 1. The number of para-hydroxylation sites is 1. The molecular weight excluding hydrogens is 430 g/mol. The van der Waals surface area contributed by atoms with E-state index in [0.29, 0.717) is 37.8 Å². The molecule has 0 saturated heterocycles. The van der Waals surface area contributed by atoms with Crippen molar-refractivity contribution in [3.63, 3.8) is 0 Å². The van der Waals surface area contributed by atoms with Crippen LogP contribution in [0.4, 0.5) is 13.2 Å². The molecule has 0 amide bonds. The van der Waals surface area contributed by atoms with Gasteiger partial charge in [-0.05, 0) is 42.5 Å². The van der Waals surface area contributed by atoms with Gasteiger partial charge in [-0.2, -0.15) is 13.2 Å². The summed E-state index contributed by atoms with van der Waals surface area (Å²) < 4.78 is 40.1. The SMILES string of the molecule is FC(F)(F)c1cccc2ccc(-c3cccc(C#Cc4ccc(Cl)c(Cl)c4)c3)nc12. The molecule has 0 aliphatic heterocycles. The van der Waals surface area contributed by atoms with E-state index < -0.39 is 11.7 Å². The van der Waals surface area contributed by atoms with E-state index in [4.69, 9.17) is 23.2 Å². The summed E-state index contributed by atoms with van der Waals surface area (Å²) >= 11 is 11.9. The summed E-state index contributed by atoms with van der Waals surface area (Å²) in [6.07, 6.45) is -4.47. The fourth-order valence-electron chi connectivity index (χ4n) is 3.01. The van der Waals surface area contributed by atoms with E-state index in [-0.39, 0.29) is 5.52 Å². The molecule has 6 heteroatoms. The third-order valence-corrected chi connectivity index (χ3v) is 5.19. The average molecular weight is 442 g/mol. The quantitative estimate of drug-likeness (QED) is 0.276. The number of aromatic nitrogens is 1. The zero-order valence-corrected chi connectivity index (χ0v) is 16.8. The van der Waals surface area contributed by atoms with E-state index in [1.54, 1.807) is 54.6 Å². The first-order chi connectivity index (χ1) is 14.3. The van der Waals surface area contributed by atoms with Crippen LogP contribution in [0.2, 0.25) is 10.0 Å². The number of hydrogen-bond donors (Lipinski definition) is 0. The number of nitrogens with zero attached hydrogens (tertiary/aromatic N) is 1. The van der Waals surface area contributed by atoms with Gasteiger partial charge in [0.2, 0.25) is 0 Å². The Balaban J connectivity index is 1.73. The Bertz CT molecular complexity index is 1320. The molecule has 0 N–H and O–H groups in total. The summed E-state index contributed by atoms with van der Waals surface area (Å²) in [5, 5.41) is 1.30. The van der Waals surface area contributed by atoms with E-state index in [9.17, 15) is 13.2 Å². The van der Waals surface area contributed by atoms with Crippen molar-refractivity contribution >= 4 is 34.1 Å². The standard InChI is InChI=1S/C24H12Cl2F3N/c25-20-11-9-16(14-21(20)26)8-7-15-3-1-5-18(13-15)22-12-10-17-4-2-6-19(23(17)30-22)24(27,28)29/h1-6,9-14H. The molecule has 0 radical (unpaired) electrons. The highest BCUT2D eigenvalue weighted by Crippen LogP contribution is 2.34. The van der Waals surface area contributed by atoms with Crippen molar-refractivity contribution < 1.29 is 13.2 Å². The third kappa shape index (κ3) is 4.28. The Morgan fingerprint density at radius 1 is 0.733 bits per heavy atom. The number of pyridine rings is 1. The fourth-order valence-corrected chi connectivity index (χ4v) is 3.31. The van der Waals surface area contributed by atoms with Crippen molar-refractivity contribution in [3.05, 3.63) is 99.5 Å². The first-order valence-electron chi connectivity index (χ1n) is 8.86. The second-order valence-corrected chi connectivity index (χ2v) is 7.35. The van der Waals surface area contributed by atoms with Crippen molar-refractivity contribution in [2.24, 2.45) is 0 Å². The van der Waals surface area contributed by atoms with Crippen LogP contribution >= 0.6 is 23.2 Å². The first-order valence-corrected chi connectivity index (χ1v) is 9.61. The van der Waals surface area contributed by atoms with Crippen LogP contribution in [-0.2, 0) is 6.18 Å². The van der Waals surface area contributed by atoms with E-state index in [1.807, 2.05) is 6.07 Å². The fraction of sp³-hybridized carbons (Fsp3) is 0.0417. The summed E-state index contributed by atoms with van der Waals surface area (Å²) in [6.45, 7) is 0. The number of alkyl halides is 3. The van der Waals surface area contributed by atoms with Gasteiger partial charge >= 0.3 is 6.18 Å². The first kappa shape index (κ1) is 20.3. The predicted octanol–water partition coefficient (Wildman–Crippen LogP) is 7.63. The highest BCUT2D eigenvalue weighted by molar-refractivity contribution is 6.42. The Morgan fingerprint density at radius 3 is 2.20 bits per heavy atom. The van der Waals surface area contributed by atoms with Crippen molar-refractivity contribution in [2.75, 3.05) is 0 Å². The van der Waals surface area contributed by atoms with Gasteiger partial charge in [-0.15, -0.1) is 0 Å². The van der Waals surface area contributed by atoms with Crippen molar-refractivity contribution in [1.29, 1.82) is 0 Å². The minimum absolute atomic E-state index is 0.0743. The summed E-state index contributed by atoms with van der Waals surface area (Å²) in [6, 6.07) is 19.6. The molecule has 1 nitrogen and oxygen atoms in total. The molecule has 0 aliphatic rings. The highest BCUT2D eigenvalue weighted by Gasteiger charge is 2.33. The van der Waals surface area contributed by atoms with Gasteiger partial charge in [0.1, 0.15) is 0 Å².